The number of hydrogen-bond acceptors (Lipinski definition) is 5. The van der Waals surface area contributed by atoms with Crippen LogP contribution in [0.1, 0.15) is 51.9 Å². The molecule has 3 aliphatic heterocycles. The number of amides is 2. The normalized spacial score (nSPS) is 23.5. The van der Waals surface area contributed by atoms with Crippen molar-refractivity contribution in [2.24, 2.45) is 5.92 Å². The van der Waals surface area contributed by atoms with Crippen LogP contribution in [0.4, 0.5) is 5.69 Å². The van der Waals surface area contributed by atoms with E-state index in [0.717, 1.165) is 25.9 Å². The monoisotopic (exact) mass is 449 g/mol. The summed E-state index contributed by atoms with van der Waals surface area (Å²) in [6.45, 7) is 4.14. The summed E-state index contributed by atoms with van der Waals surface area (Å²) < 4.78 is 33.4. The quantitative estimate of drug-likeness (QED) is 0.762. The van der Waals surface area contributed by atoms with Gasteiger partial charge < -0.3 is 15.0 Å². The third-order valence-corrected chi connectivity index (χ3v) is 8.39. The first-order valence-electron chi connectivity index (χ1n) is 11.3. The largest absolute Gasteiger partial charge is 0.478 e. The van der Waals surface area contributed by atoms with Gasteiger partial charge >= 0.3 is 0 Å². The lowest BCUT2D eigenvalue weighted by Gasteiger charge is -2.33. The average molecular weight is 450 g/mol. The number of anilines is 1. The molecule has 1 aromatic carbocycles. The van der Waals surface area contributed by atoms with Crippen LogP contribution in [-0.2, 0) is 19.6 Å². The maximum absolute atomic E-state index is 13.2. The van der Waals surface area contributed by atoms with Crippen molar-refractivity contribution >= 4 is 27.5 Å². The minimum absolute atomic E-state index is 0.105. The van der Waals surface area contributed by atoms with Crippen LogP contribution in [0.5, 0.6) is 5.75 Å². The highest BCUT2D eigenvalue weighted by atomic mass is 32.2. The first kappa shape index (κ1) is 22.1. The van der Waals surface area contributed by atoms with E-state index in [2.05, 4.69) is 5.32 Å². The van der Waals surface area contributed by atoms with Gasteiger partial charge in [0.05, 0.1) is 10.6 Å². The predicted molar refractivity (Wildman–Crippen MR) is 116 cm³/mol. The van der Waals surface area contributed by atoms with Gasteiger partial charge in [-0.05, 0) is 50.3 Å². The van der Waals surface area contributed by atoms with Gasteiger partial charge in [0, 0.05) is 32.1 Å². The Hall–Kier alpha value is -2.13. The van der Waals surface area contributed by atoms with Crippen molar-refractivity contribution < 1.29 is 22.7 Å². The topological polar surface area (TPSA) is 96.0 Å². The van der Waals surface area contributed by atoms with Gasteiger partial charge in [-0.3, -0.25) is 9.59 Å². The predicted octanol–water partition coefficient (Wildman–Crippen LogP) is 2.60. The van der Waals surface area contributed by atoms with Crippen molar-refractivity contribution in [3.8, 4) is 5.75 Å². The van der Waals surface area contributed by atoms with Crippen molar-refractivity contribution in [2.45, 2.75) is 62.9 Å². The number of piperidine rings is 1. The van der Waals surface area contributed by atoms with Crippen LogP contribution in [0.15, 0.2) is 23.1 Å². The van der Waals surface area contributed by atoms with Gasteiger partial charge in [0.25, 0.3) is 5.91 Å². The molecule has 8 nitrogen and oxygen atoms in total. The van der Waals surface area contributed by atoms with Crippen molar-refractivity contribution in [3.05, 3.63) is 18.2 Å². The minimum Gasteiger partial charge on any atom is -0.478 e. The SMILES string of the molecule is CC[C@@H]1Oc2ccc(S(=O)(=O)N3CCC(C(=O)N4CCCCCC4)CC3)cc2NC1=O. The molecule has 170 valence electrons. The van der Waals surface area contributed by atoms with Gasteiger partial charge in [0.1, 0.15) is 5.75 Å². The summed E-state index contributed by atoms with van der Waals surface area (Å²) in [5.74, 6) is 0.286. The summed E-state index contributed by atoms with van der Waals surface area (Å²) in [6.07, 6.45) is 5.51. The van der Waals surface area contributed by atoms with Crippen LogP contribution in [0.3, 0.4) is 0 Å². The fraction of sp³-hybridized carbons (Fsp3) is 0.636. The smallest absolute Gasteiger partial charge is 0.265 e. The number of sulfonamides is 1. The Morgan fingerprint density at radius 1 is 1.10 bits per heavy atom. The molecule has 2 fully saturated rings. The summed E-state index contributed by atoms with van der Waals surface area (Å²) in [5.41, 5.74) is 0.377. The number of likely N-dealkylation sites (tertiary alicyclic amines) is 1. The lowest BCUT2D eigenvalue weighted by atomic mass is 9.96. The van der Waals surface area contributed by atoms with Crippen molar-refractivity contribution in [1.82, 2.24) is 9.21 Å². The van der Waals surface area contributed by atoms with E-state index in [0.29, 0.717) is 43.8 Å². The van der Waals surface area contributed by atoms with Crippen LogP contribution in [0, 0.1) is 5.92 Å². The Kier molecular flexibility index (Phi) is 6.52. The van der Waals surface area contributed by atoms with E-state index in [9.17, 15) is 18.0 Å². The van der Waals surface area contributed by atoms with Gasteiger partial charge in [-0.1, -0.05) is 19.8 Å². The van der Waals surface area contributed by atoms with E-state index in [4.69, 9.17) is 4.74 Å². The van der Waals surface area contributed by atoms with Crippen LogP contribution < -0.4 is 10.1 Å². The van der Waals surface area contributed by atoms with Crippen molar-refractivity contribution in [2.75, 3.05) is 31.5 Å². The van der Waals surface area contributed by atoms with Crippen molar-refractivity contribution in [3.63, 3.8) is 0 Å². The molecule has 0 unspecified atom stereocenters. The van der Waals surface area contributed by atoms with Gasteiger partial charge in [0.15, 0.2) is 6.10 Å². The zero-order valence-electron chi connectivity index (χ0n) is 18.0. The molecule has 0 spiro atoms. The lowest BCUT2D eigenvalue weighted by molar-refractivity contribution is -0.136. The van der Waals surface area contributed by atoms with E-state index < -0.39 is 16.1 Å². The third-order valence-electron chi connectivity index (χ3n) is 6.50. The van der Waals surface area contributed by atoms with Gasteiger partial charge in [-0.25, -0.2) is 8.42 Å². The summed E-state index contributed by atoms with van der Waals surface area (Å²) in [4.78, 5) is 27.0. The number of carbonyl (C=O) groups is 2. The number of benzene rings is 1. The molecule has 0 aliphatic carbocycles. The molecule has 3 heterocycles. The highest BCUT2D eigenvalue weighted by Gasteiger charge is 2.35. The number of carbonyl (C=O) groups excluding carboxylic acids is 2. The maximum Gasteiger partial charge on any atom is 0.265 e. The molecule has 1 N–H and O–H groups in total. The zero-order valence-corrected chi connectivity index (χ0v) is 18.8. The Labute approximate surface area is 184 Å². The molecule has 31 heavy (non-hydrogen) atoms. The average Bonchev–Trinajstić information content (AvgIpc) is 3.07. The molecular formula is C22H31N3O5S. The van der Waals surface area contributed by atoms with E-state index in [1.165, 1.54) is 29.3 Å². The minimum atomic E-state index is -3.71. The second-order valence-corrected chi connectivity index (χ2v) is 10.5. The van der Waals surface area contributed by atoms with Gasteiger partial charge in [-0.2, -0.15) is 4.31 Å². The standard InChI is InChI=1S/C22H31N3O5S/c1-2-19-21(26)23-18-15-17(7-8-20(18)30-19)31(28,29)25-13-9-16(10-14-25)22(27)24-11-5-3-4-6-12-24/h7-8,15-16,19H,2-6,9-14H2,1H3,(H,23,26)/t19-/m0/s1. The summed E-state index contributed by atoms with van der Waals surface area (Å²) >= 11 is 0. The molecule has 3 aliphatic rings. The first-order valence-corrected chi connectivity index (χ1v) is 12.7. The molecule has 0 bridgehead atoms. The van der Waals surface area contributed by atoms with E-state index in [-0.39, 0.29) is 22.6 Å². The fourth-order valence-electron chi connectivity index (χ4n) is 4.60. The maximum atomic E-state index is 13.2. The molecule has 0 aromatic heterocycles. The highest BCUT2D eigenvalue weighted by Crippen LogP contribution is 2.34. The molecule has 1 aromatic rings. The number of fused-ring (bicyclic) bond motifs is 1. The third kappa shape index (κ3) is 4.57. The highest BCUT2D eigenvalue weighted by molar-refractivity contribution is 7.89. The number of ether oxygens (including phenoxy) is 1. The number of nitrogens with zero attached hydrogens (tertiary/aromatic N) is 2. The number of hydrogen-bond donors (Lipinski definition) is 1. The van der Waals surface area contributed by atoms with Crippen LogP contribution in [0.25, 0.3) is 0 Å². The molecule has 2 saturated heterocycles. The fourth-order valence-corrected chi connectivity index (χ4v) is 6.10. The summed E-state index contributed by atoms with van der Waals surface area (Å²) in [6, 6.07) is 4.58. The summed E-state index contributed by atoms with van der Waals surface area (Å²) in [7, 11) is -3.71. The zero-order chi connectivity index (χ0) is 22.0. The molecule has 0 radical (unpaired) electrons. The number of nitrogens with one attached hydrogen (secondary N) is 1. The Balaban J connectivity index is 1.42. The van der Waals surface area contributed by atoms with E-state index in [1.54, 1.807) is 6.07 Å². The first-order chi connectivity index (χ1) is 14.9. The second-order valence-electron chi connectivity index (χ2n) is 8.58. The van der Waals surface area contributed by atoms with Crippen LogP contribution in [0.2, 0.25) is 0 Å². The summed E-state index contributed by atoms with van der Waals surface area (Å²) in [5, 5.41) is 2.74. The van der Waals surface area contributed by atoms with Crippen LogP contribution >= 0.6 is 0 Å². The van der Waals surface area contributed by atoms with E-state index >= 15 is 0 Å². The number of rotatable bonds is 4. The molecule has 1 atom stereocenters. The molecule has 0 saturated carbocycles. The Morgan fingerprint density at radius 2 is 1.77 bits per heavy atom. The Bertz CT molecular complexity index is 932. The molecule has 4 rings (SSSR count). The van der Waals surface area contributed by atoms with Gasteiger partial charge in [0.2, 0.25) is 15.9 Å². The van der Waals surface area contributed by atoms with Crippen LogP contribution in [-0.4, -0.2) is 61.7 Å². The van der Waals surface area contributed by atoms with E-state index in [1.807, 2.05) is 11.8 Å². The molecule has 2 amide bonds. The molecule has 9 heteroatoms. The van der Waals surface area contributed by atoms with Crippen molar-refractivity contribution in [1.29, 1.82) is 0 Å². The Morgan fingerprint density at radius 3 is 2.42 bits per heavy atom. The lowest BCUT2D eigenvalue weighted by Crippen LogP contribution is -2.44. The second kappa shape index (κ2) is 9.16. The molecular weight excluding hydrogens is 418 g/mol. The van der Waals surface area contributed by atoms with Gasteiger partial charge in [-0.15, -0.1) is 0 Å².